The fraction of sp³-hybridized carbons (Fsp3) is 0.276. The van der Waals surface area contributed by atoms with E-state index in [-0.39, 0.29) is 29.5 Å². The highest BCUT2D eigenvalue weighted by Gasteiger charge is 2.36. The van der Waals surface area contributed by atoms with Crippen LogP contribution in [0.25, 0.3) is 11.0 Å². The number of pyridine rings is 2. The van der Waals surface area contributed by atoms with Crippen molar-refractivity contribution in [3.63, 3.8) is 0 Å². The van der Waals surface area contributed by atoms with Crippen molar-refractivity contribution in [2.75, 3.05) is 18.0 Å². The molecule has 0 amide bonds. The first-order chi connectivity index (χ1) is 17.4. The van der Waals surface area contributed by atoms with Crippen LogP contribution in [0.2, 0.25) is 0 Å². The van der Waals surface area contributed by atoms with Crippen LogP contribution in [0.5, 0.6) is 0 Å². The number of fused-ring (bicyclic) bond motifs is 1. The summed E-state index contributed by atoms with van der Waals surface area (Å²) in [6.07, 6.45) is 0. The van der Waals surface area contributed by atoms with E-state index in [0.717, 1.165) is 23.4 Å². The lowest BCUT2D eigenvalue weighted by atomic mass is 9.93. The maximum Gasteiger partial charge on any atom is 0.252 e. The number of hydrogen-bond donors (Lipinski definition) is 0. The van der Waals surface area contributed by atoms with Gasteiger partial charge in [0.1, 0.15) is 23.1 Å². The van der Waals surface area contributed by atoms with E-state index < -0.39 is 0 Å². The monoisotopic (exact) mass is 481 g/mol. The lowest BCUT2D eigenvalue weighted by molar-refractivity contribution is 0.130. The molecule has 1 unspecified atom stereocenters. The summed E-state index contributed by atoms with van der Waals surface area (Å²) in [4.78, 5) is 22.1. The molecule has 0 spiro atoms. The summed E-state index contributed by atoms with van der Waals surface area (Å²) in [5.74, 6) is -0.251. The summed E-state index contributed by atoms with van der Waals surface area (Å²) < 4.78 is 15.3. The Hall–Kier alpha value is -4.02. The molecule has 3 heterocycles. The summed E-state index contributed by atoms with van der Waals surface area (Å²) in [7, 11) is 1.72. The third-order valence-electron chi connectivity index (χ3n) is 7.16. The smallest absolute Gasteiger partial charge is 0.252 e. The number of nitrogens with zero attached hydrogens (tertiary/aromatic N) is 5. The van der Waals surface area contributed by atoms with Crippen molar-refractivity contribution in [1.29, 1.82) is 5.26 Å². The van der Waals surface area contributed by atoms with Crippen LogP contribution in [0.4, 0.5) is 10.1 Å². The SMILES string of the molecule is C[C@@H]1CN(c2cc(=O)n(C)c3ccc(C#N)nc23)[C@@H](C)CN1C(c1ccccc1)c1ccc(F)cc1. The zero-order valence-electron chi connectivity index (χ0n) is 20.6. The second-order valence-electron chi connectivity index (χ2n) is 9.51. The predicted molar refractivity (Wildman–Crippen MR) is 139 cm³/mol. The van der Waals surface area contributed by atoms with Gasteiger partial charge >= 0.3 is 0 Å². The summed E-state index contributed by atoms with van der Waals surface area (Å²) in [6, 6.07) is 24.3. The highest BCUT2D eigenvalue weighted by Crippen LogP contribution is 2.35. The van der Waals surface area contributed by atoms with Gasteiger partial charge in [-0.3, -0.25) is 9.69 Å². The van der Waals surface area contributed by atoms with E-state index in [1.807, 2.05) is 30.3 Å². The van der Waals surface area contributed by atoms with Gasteiger partial charge in [0.25, 0.3) is 5.56 Å². The first-order valence-corrected chi connectivity index (χ1v) is 12.1. The summed E-state index contributed by atoms with van der Waals surface area (Å²) in [5.41, 5.74) is 4.50. The molecule has 2 aromatic carbocycles. The fourth-order valence-electron chi connectivity index (χ4n) is 5.30. The number of benzene rings is 2. The molecule has 2 aromatic heterocycles. The van der Waals surface area contributed by atoms with Gasteiger partial charge in [-0.15, -0.1) is 0 Å². The molecule has 3 atom stereocenters. The van der Waals surface area contributed by atoms with Gasteiger partial charge in [-0.1, -0.05) is 42.5 Å². The summed E-state index contributed by atoms with van der Waals surface area (Å²) in [5, 5.41) is 9.42. The van der Waals surface area contributed by atoms with Crippen LogP contribution in [0, 0.1) is 17.1 Å². The Labute approximate surface area is 209 Å². The molecule has 0 bridgehead atoms. The van der Waals surface area contributed by atoms with Gasteiger partial charge < -0.3 is 9.47 Å². The molecule has 0 N–H and O–H groups in total. The molecule has 36 heavy (non-hydrogen) atoms. The Kier molecular flexibility index (Phi) is 6.29. The number of aromatic nitrogens is 2. The predicted octanol–water partition coefficient (Wildman–Crippen LogP) is 4.63. The lowest BCUT2D eigenvalue weighted by Gasteiger charge is -2.48. The lowest BCUT2D eigenvalue weighted by Crippen LogP contribution is -2.57. The van der Waals surface area contributed by atoms with Gasteiger partial charge in [-0.2, -0.15) is 5.26 Å². The average molecular weight is 482 g/mol. The molecule has 5 rings (SSSR count). The highest BCUT2D eigenvalue weighted by molar-refractivity contribution is 5.89. The van der Waals surface area contributed by atoms with Crippen molar-refractivity contribution in [3.8, 4) is 6.07 Å². The molecule has 0 radical (unpaired) electrons. The third-order valence-corrected chi connectivity index (χ3v) is 7.16. The van der Waals surface area contributed by atoms with Crippen molar-refractivity contribution in [2.45, 2.75) is 32.0 Å². The van der Waals surface area contributed by atoms with E-state index in [4.69, 9.17) is 0 Å². The molecule has 4 aromatic rings. The minimum absolute atomic E-state index is 0.0323. The Morgan fingerprint density at radius 3 is 2.36 bits per heavy atom. The molecule has 1 aliphatic rings. The molecular weight excluding hydrogens is 453 g/mol. The molecule has 6 nitrogen and oxygen atoms in total. The average Bonchev–Trinajstić information content (AvgIpc) is 2.89. The van der Waals surface area contributed by atoms with Gasteiger partial charge in [-0.05, 0) is 49.2 Å². The number of anilines is 1. The van der Waals surface area contributed by atoms with Crippen molar-refractivity contribution in [2.24, 2.45) is 7.05 Å². The van der Waals surface area contributed by atoms with Crippen molar-refractivity contribution in [1.82, 2.24) is 14.5 Å². The Morgan fingerprint density at radius 1 is 0.972 bits per heavy atom. The minimum Gasteiger partial charge on any atom is -0.364 e. The van der Waals surface area contributed by atoms with E-state index in [9.17, 15) is 14.4 Å². The normalized spacial score (nSPS) is 19.2. The van der Waals surface area contributed by atoms with Gasteiger partial charge in [0, 0.05) is 38.3 Å². The number of halogens is 1. The van der Waals surface area contributed by atoms with E-state index in [1.165, 1.54) is 12.1 Å². The topological polar surface area (TPSA) is 65.2 Å². The van der Waals surface area contributed by atoms with Crippen LogP contribution in [-0.2, 0) is 7.05 Å². The minimum atomic E-state index is -0.251. The molecule has 1 fully saturated rings. The zero-order valence-corrected chi connectivity index (χ0v) is 20.6. The standard InChI is InChI=1S/C29H28FN5O/c1-19-18-35(29(21-7-5-4-6-8-21)22-9-11-23(30)12-10-22)20(2)17-34(19)26-15-27(36)33(3)25-14-13-24(16-31)32-28(25)26/h4-15,19-20,29H,17-18H2,1-3H3/t19-,20+,29?/m0/s1. The van der Waals surface area contributed by atoms with Crippen LogP contribution in [0.3, 0.4) is 0 Å². The fourth-order valence-corrected chi connectivity index (χ4v) is 5.30. The number of piperazine rings is 1. The zero-order chi connectivity index (χ0) is 25.4. The second kappa shape index (κ2) is 9.56. The van der Waals surface area contributed by atoms with E-state index >= 15 is 0 Å². The number of rotatable bonds is 4. The molecule has 0 aliphatic carbocycles. The van der Waals surface area contributed by atoms with Crippen LogP contribution in [0.1, 0.15) is 36.7 Å². The number of aryl methyl sites for hydroxylation is 1. The van der Waals surface area contributed by atoms with Crippen molar-refractivity contribution in [3.05, 3.63) is 106 Å². The van der Waals surface area contributed by atoms with E-state index in [1.54, 1.807) is 29.8 Å². The summed E-state index contributed by atoms with van der Waals surface area (Å²) in [6.45, 7) is 5.72. The van der Waals surface area contributed by atoms with Crippen molar-refractivity contribution < 1.29 is 4.39 Å². The van der Waals surface area contributed by atoms with E-state index in [2.05, 4.69) is 46.8 Å². The number of hydrogen-bond acceptors (Lipinski definition) is 5. The first-order valence-electron chi connectivity index (χ1n) is 12.1. The van der Waals surface area contributed by atoms with Gasteiger partial charge in [0.2, 0.25) is 0 Å². The van der Waals surface area contributed by atoms with Gasteiger partial charge in [0.15, 0.2) is 0 Å². The molecule has 0 saturated carbocycles. The maximum atomic E-state index is 13.7. The summed E-state index contributed by atoms with van der Waals surface area (Å²) >= 11 is 0. The molecular formula is C29H28FN5O. The van der Waals surface area contributed by atoms with Crippen LogP contribution >= 0.6 is 0 Å². The maximum absolute atomic E-state index is 13.7. The molecule has 1 saturated heterocycles. The third kappa shape index (κ3) is 4.25. The van der Waals surface area contributed by atoms with Crippen LogP contribution < -0.4 is 10.5 Å². The van der Waals surface area contributed by atoms with Gasteiger partial charge in [-0.25, -0.2) is 9.37 Å². The van der Waals surface area contributed by atoms with Crippen LogP contribution in [-0.4, -0.2) is 39.6 Å². The first kappa shape index (κ1) is 23.7. The Bertz CT molecular complexity index is 1490. The quantitative estimate of drug-likeness (QED) is 0.425. The molecule has 1 aliphatic heterocycles. The Balaban J connectivity index is 1.55. The van der Waals surface area contributed by atoms with Crippen molar-refractivity contribution >= 4 is 16.7 Å². The largest absolute Gasteiger partial charge is 0.364 e. The van der Waals surface area contributed by atoms with Crippen LogP contribution in [0.15, 0.2) is 77.6 Å². The highest BCUT2D eigenvalue weighted by atomic mass is 19.1. The second-order valence-corrected chi connectivity index (χ2v) is 9.51. The molecule has 182 valence electrons. The number of nitriles is 1. The van der Waals surface area contributed by atoms with Gasteiger partial charge in [0.05, 0.1) is 17.2 Å². The molecule has 7 heteroatoms. The van der Waals surface area contributed by atoms with E-state index in [0.29, 0.717) is 23.3 Å². The Morgan fingerprint density at radius 2 is 1.67 bits per heavy atom.